The Morgan fingerprint density at radius 1 is 0.906 bits per heavy atom. The lowest BCUT2D eigenvalue weighted by molar-refractivity contribution is -0.132. The van der Waals surface area contributed by atoms with Crippen molar-refractivity contribution in [1.29, 1.82) is 0 Å². The highest BCUT2D eigenvalue weighted by Crippen LogP contribution is 2.30. The van der Waals surface area contributed by atoms with Crippen molar-refractivity contribution < 1.29 is 23.1 Å². The second kappa shape index (κ2) is 10.1. The zero-order valence-electron chi connectivity index (χ0n) is 18.6. The molecule has 0 atom stereocenters. The summed E-state index contributed by atoms with van der Waals surface area (Å²) in [6.45, 7) is 7.26. The van der Waals surface area contributed by atoms with Gasteiger partial charge in [-0.1, -0.05) is 24.3 Å². The van der Waals surface area contributed by atoms with Gasteiger partial charge in [0.2, 0.25) is 5.91 Å². The highest BCUT2D eigenvalue weighted by atomic mass is 19.1. The van der Waals surface area contributed by atoms with Gasteiger partial charge in [0, 0.05) is 26.2 Å². The molecule has 32 heavy (non-hydrogen) atoms. The molecule has 2 aromatic rings. The summed E-state index contributed by atoms with van der Waals surface area (Å²) in [5.41, 5.74) is 1.16. The van der Waals surface area contributed by atoms with Gasteiger partial charge in [0.25, 0.3) is 0 Å². The summed E-state index contributed by atoms with van der Waals surface area (Å²) < 4.78 is 32.1. The molecule has 6 nitrogen and oxygen atoms in total. The van der Waals surface area contributed by atoms with Crippen molar-refractivity contribution in [2.45, 2.75) is 32.4 Å². The first-order valence-electron chi connectivity index (χ1n) is 10.6. The van der Waals surface area contributed by atoms with Crippen molar-refractivity contribution in [1.82, 2.24) is 15.1 Å². The van der Waals surface area contributed by atoms with Gasteiger partial charge in [-0.25, -0.2) is 13.6 Å². The molecule has 3 rings (SSSR count). The van der Waals surface area contributed by atoms with E-state index in [9.17, 15) is 18.4 Å². The van der Waals surface area contributed by atoms with Crippen molar-refractivity contribution in [2.75, 3.05) is 32.7 Å². The van der Waals surface area contributed by atoms with Gasteiger partial charge >= 0.3 is 6.09 Å². The van der Waals surface area contributed by atoms with Gasteiger partial charge in [-0.3, -0.25) is 9.69 Å². The van der Waals surface area contributed by atoms with Crippen LogP contribution in [0.5, 0.6) is 0 Å². The molecule has 1 N–H and O–H groups in total. The molecule has 2 aromatic carbocycles. The maximum Gasteiger partial charge on any atom is 0.408 e. The van der Waals surface area contributed by atoms with E-state index in [-0.39, 0.29) is 30.1 Å². The van der Waals surface area contributed by atoms with Gasteiger partial charge in [-0.05, 0) is 56.2 Å². The van der Waals surface area contributed by atoms with Gasteiger partial charge in [0.15, 0.2) is 0 Å². The molecule has 1 saturated heterocycles. The first-order chi connectivity index (χ1) is 15.1. The van der Waals surface area contributed by atoms with Gasteiger partial charge in [0.05, 0.1) is 6.04 Å². The van der Waals surface area contributed by atoms with Gasteiger partial charge in [0.1, 0.15) is 23.8 Å². The van der Waals surface area contributed by atoms with Crippen LogP contribution in [-0.4, -0.2) is 60.1 Å². The molecule has 0 unspecified atom stereocenters. The van der Waals surface area contributed by atoms with Gasteiger partial charge in [-0.15, -0.1) is 0 Å². The summed E-state index contributed by atoms with van der Waals surface area (Å²) in [4.78, 5) is 28.2. The average Bonchev–Trinajstić information content (AvgIpc) is 2.74. The van der Waals surface area contributed by atoms with Crippen LogP contribution >= 0.6 is 0 Å². The lowest BCUT2D eigenvalue weighted by Crippen LogP contribution is -2.52. The lowest BCUT2D eigenvalue weighted by atomic mass is 9.96. The summed E-state index contributed by atoms with van der Waals surface area (Å²) in [6.07, 6.45) is -0.628. The number of halogens is 2. The van der Waals surface area contributed by atoms with E-state index in [1.54, 1.807) is 49.9 Å². The number of hydrogen-bond donors (Lipinski definition) is 1. The van der Waals surface area contributed by atoms with Gasteiger partial charge in [-0.2, -0.15) is 0 Å². The van der Waals surface area contributed by atoms with Crippen molar-refractivity contribution in [3.63, 3.8) is 0 Å². The van der Waals surface area contributed by atoms with E-state index in [0.717, 1.165) is 11.1 Å². The fourth-order valence-electron chi connectivity index (χ4n) is 3.71. The Balaban J connectivity index is 1.63. The van der Waals surface area contributed by atoms with Crippen LogP contribution in [0, 0.1) is 11.6 Å². The van der Waals surface area contributed by atoms with Crippen LogP contribution in [0.3, 0.4) is 0 Å². The fraction of sp³-hybridized carbons (Fsp3) is 0.417. The molecule has 0 spiro atoms. The zero-order valence-corrected chi connectivity index (χ0v) is 18.6. The minimum absolute atomic E-state index is 0.131. The van der Waals surface area contributed by atoms with E-state index in [1.165, 1.54) is 24.3 Å². The Morgan fingerprint density at radius 3 is 1.81 bits per heavy atom. The minimum atomic E-state index is -0.630. The molecule has 0 aromatic heterocycles. The molecule has 0 aliphatic carbocycles. The Hall–Kier alpha value is -3.00. The number of benzene rings is 2. The van der Waals surface area contributed by atoms with Gasteiger partial charge < -0.3 is 15.0 Å². The maximum atomic E-state index is 13.5. The highest BCUT2D eigenvalue weighted by Gasteiger charge is 2.28. The topological polar surface area (TPSA) is 61.9 Å². The molecule has 0 saturated carbocycles. The summed E-state index contributed by atoms with van der Waals surface area (Å²) in [6, 6.07) is 12.4. The fourth-order valence-corrected chi connectivity index (χ4v) is 3.71. The molecule has 8 heteroatoms. The second-order valence-electron chi connectivity index (χ2n) is 8.78. The molecule has 2 amide bonds. The van der Waals surface area contributed by atoms with Crippen molar-refractivity contribution in [2.24, 2.45) is 0 Å². The summed E-state index contributed by atoms with van der Waals surface area (Å²) in [7, 11) is 0. The molecule has 1 aliphatic rings. The first-order valence-corrected chi connectivity index (χ1v) is 10.6. The SMILES string of the molecule is CC(C)(C)OC(=O)NCC(=O)N1CCN(C(c2ccc(F)cc2)c2ccc(F)cc2)CC1. The molecular weight excluding hydrogens is 416 g/mol. The van der Waals surface area contributed by atoms with Crippen LogP contribution in [0.2, 0.25) is 0 Å². The number of carbonyl (C=O) groups is 2. The second-order valence-corrected chi connectivity index (χ2v) is 8.78. The van der Waals surface area contributed by atoms with Crippen LogP contribution in [0.25, 0.3) is 0 Å². The standard InChI is InChI=1S/C24H29F2N3O3/c1-24(2,3)32-23(31)27-16-21(30)28-12-14-29(15-13-28)22(17-4-8-19(25)9-5-17)18-6-10-20(26)11-7-18/h4-11,22H,12-16H2,1-3H3,(H,27,31). The smallest absolute Gasteiger partial charge is 0.408 e. The zero-order chi connectivity index (χ0) is 23.3. The third kappa shape index (κ3) is 6.50. The Bertz CT molecular complexity index is 874. The minimum Gasteiger partial charge on any atom is -0.444 e. The largest absolute Gasteiger partial charge is 0.444 e. The Kier molecular flexibility index (Phi) is 7.45. The van der Waals surface area contributed by atoms with Crippen LogP contribution in [-0.2, 0) is 9.53 Å². The number of carbonyl (C=O) groups excluding carboxylic acids is 2. The molecule has 0 radical (unpaired) electrons. The van der Waals surface area contributed by atoms with Crippen LogP contribution in [0.15, 0.2) is 48.5 Å². The monoisotopic (exact) mass is 445 g/mol. The first kappa shape index (κ1) is 23.7. The normalized spacial score (nSPS) is 15.0. The predicted octanol–water partition coefficient (Wildman–Crippen LogP) is 3.72. The van der Waals surface area contributed by atoms with E-state index in [4.69, 9.17) is 4.74 Å². The van der Waals surface area contributed by atoms with Crippen LogP contribution in [0.4, 0.5) is 13.6 Å². The average molecular weight is 446 g/mol. The summed E-state index contributed by atoms with van der Waals surface area (Å²) >= 11 is 0. The van der Waals surface area contributed by atoms with Crippen molar-refractivity contribution >= 4 is 12.0 Å². The number of amides is 2. The number of rotatable bonds is 5. The Morgan fingerprint density at radius 2 is 1.38 bits per heavy atom. The third-order valence-electron chi connectivity index (χ3n) is 5.19. The van der Waals surface area contributed by atoms with Crippen molar-refractivity contribution in [3.8, 4) is 0 Å². The lowest BCUT2D eigenvalue weighted by Gasteiger charge is -2.39. The van der Waals surface area contributed by atoms with Crippen LogP contribution in [0.1, 0.15) is 37.9 Å². The number of nitrogens with one attached hydrogen (secondary N) is 1. The van der Waals surface area contributed by atoms with Crippen LogP contribution < -0.4 is 5.32 Å². The van der Waals surface area contributed by atoms with E-state index < -0.39 is 11.7 Å². The third-order valence-corrected chi connectivity index (χ3v) is 5.19. The number of hydrogen-bond acceptors (Lipinski definition) is 4. The quantitative estimate of drug-likeness (QED) is 0.762. The number of ether oxygens (including phenoxy) is 1. The molecular formula is C24H29F2N3O3. The number of piperazine rings is 1. The molecule has 172 valence electrons. The van der Waals surface area contributed by atoms with Crippen molar-refractivity contribution in [3.05, 3.63) is 71.3 Å². The summed E-state index contributed by atoms with van der Waals surface area (Å²) in [5.74, 6) is -0.824. The molecule has 1 heterocycles. The number of alkyl carbamates (subject to hydrolysis) is 1. The maximum absolute atomic E-state index is 13.5. The van der Waals surface area contributed by atoms with E-state index in [0.29, 0.717) is 26.2 Å². The molecule has 1 aliphatic heterocycles. The number of nitrogens with zero attached hydrogens (tertiary/aromatic N) is 2. The summed E-state index contributed by atoms with van der Waals surface area (Å²) in [5, 5.41) is 2.50. The van der Waals surface area contributed by atoms with E-state index in [1.807, 2.05) is 0 Å². The van der Waals surface area contributed by atoms with E-state index >= 15 is 0 Å². The highest BCUT2D eigenvalue weighted by molar-refractivity contribution is 5.82. The Labute approximate surface area is 187 Å². The molecule has 1 fully saturated rings. The van der Waals surface area contributed by atoms with E-state index in [2.05, 4.69) is 10.2 Å². The molecule has 0 bridgehead atoms. The predicted molar refractivity (Wildman–Crippen MR) is 117 cm³/mol.